The van der Waals surface area contributed by atoms with Crippen molar-refractivity contribution in [2.75, 3.05) is 24.6 Å². The molecule has 1 spiro atoms. The van der Waals surface area contributed by atoms with Crippen molar-refractivity contribution < 1.29 is 4.74 Å². The maximum absolute atomic E-state index is 5.98. The highest BCUT2D eigenvalue weighted by molar-refractivity contribution is 5.36. The summed E-state index contributed by atoms with van der Waals surface area (Å²) >= 11 is 0. The minimum Gasteiger partial charge on any atom is -0.377 e. The monoisotopic (exact) mass is 283 g/mol. The number of aromatic nitrogens is 4. The Morgan fingerprint density at radius 2 is 1.95 bits per heavy atom. The summed E-state index contributed by atoms with van der Waals surface area (Å²) in [6.45, 7) is 2.80. The van der Waals surface area contributed by atoms with Crippen molar-refractivity contribution in [3.63, 3.8) is 0 Å². The summed E-state index contributed by atoms with van der Waals surface area (Å²) in [6, 6.07) is 1.84. The summed E-state index contributed by atoms with van der Waals surface area (Å²) in [7, 11) is 0. The summed E-state index contributed by atoms with van der Waals surface area (Å²) in [5.74, 6) is 0.822. The van der Waals surface area contributed by atoms with E-state index in [9.17, 15) is 0 Å². The van der Waals surface area contributed by atoms with Crippen molar-refractivity contribution in [3.8, 4) is 0 Å². The molecule has 6 heteroatoms. The Balaban J connectivity index is 1.35. The average molecular weight is 283 g/mol. The van der Waals surface area contributed by atoms with Crippen LogP contribution < -0.4 is 4.90 Å². The topological polar surface area (TPSA) is 64.0 Å². The highest BCUT2D eigenvalue weighted by Gasteiger charge is 2.49. The fourth-order valence-electron chi connectivity index (χ4n) is 3.30. The van der Waals surface area contributed by atoms with Gasteiger partial charge in [0.2, 0.25) is 5.95 Å². The van der Waals surface area contributed by atoms with Gasteiger partial charge in [-0.1, -0.05) is 0 Å². The van der Waals surface area contributed by atoms with Gasteiger partial charge in [-0.3, -0.25) is 0 Å². The standard InChI is InChI=1S/C15H17N5O/c1-2-18-14(19-3-1)20-8-15(9-20)5-13(21-10-15)4-12-6-16-11-17-7-12/h1-3,6-7,11,13H,4-5,8-10H2/t13-/m1/s1. The SMILES string of the molecule is c1cnc(N2CC3(CO[C@H](Cc4cncnc4)C3)C2)nc1. The predicted molar refractivity (Wildman–Crippen MR) is 76.8 cm³/mol. The molecule has 2 fully saturated rings. The Kier molecular flexibility index (Phi) is 3.03. The van der Waals surface area contributed by atoms with Crippen LogP contribution in [0.4, 0.5) is 5.95 Å². The molecule has 0 bridgehead atoms. The van der Waals surface area contributed by atoms with Crippen molar-refractivity contribution in [1.29, 1.82) is 0 Å². The highest BCUT2D eigenvalue weighted by Crippen LogP contribution is 2.42. The fraction of sp³-hybridized carbons (Fsp3) is 0.467. The third kappa shape index (κ3) is 2.47. The molecular formula is C15H17N5O. The molecule has 1 atom stereocenters. The van der Waals surface area contributed by atoms with Crippen molar-refractivity contribution in [3.05, 3.63) is 42.7 Å². The van der Waals surface area contributed by atoms with E-state index in [1.54, 1.807) is 18.7 Å². The lowest BCUT2D eigenvalue weighted by Gasteiger charge is -2.47. The zero-order valence-corrected chi connectivity index (χ0v) is 11.7. The van der Waals surface area contributed by atoms with E-state index in [0.717, 1.165) is 44.0 Å². The van der Waals surface area contributed by atoms with Gasteiger partial charge in [-0.2, -0.15) is 0 Å². The highest BCUT2D eigenvalue weighted by atomic mass is 16.5. The number of hydrogen-bond acceptors (Lipinski definition) is 6. The van der Waals surface area contributed by atoms with E-state index in [1.807, 2.05) is 18.5 Å². The fourth-order valence-corrected chi connectivity index (χ4v) is 3.30. The van der Waals surface area contributed by atoms with Crippen LogP contribution in [0.3, 0.4) is 0 Å². The molecule has 0 radical (unpaired) electrons. The Bertz CT molecular complexity index is 600. The van der Waals surface area contributed by atoms with Crippen LogP contribution in [-0.2, 0) is 11.2 Å². The van der Waals surface area contributed by atoms with E-state index in [4.69, 9.17) is 4.74 Å². The predicted octanol–water partition coefficient (Wildman–Crippen LogP) is 1.10. The van der Waals surface area contributed by atoms with Crippen LogP contribution in [0, 0.1) is 5.41 Å². The summed E-state index contributed by atoms with van der Waals surface area (Å²) in [6.07, 6.45) is 11.1. The summed E-state index contributed by atoms with van der Waals surface area (Å²) in [4.78, 5) is 18.9. The molecule has 6 nitrogen and oxygen atoms in total. The van der Waals surface area contributed by atoms with Crippen molar-refractivity contribution in [2.24, 2.45) is 5.41 Å². The molecule has 2 saturated heterocycles. The molecule has 2 aliphatic rings. The van der Waals surface area contributed by atoms with E-state index in [2.05, 4.69) is 24.8 Å². The number of ether oxygens (including phenoxy) is 1. The molecule has 2 aromatic heterocycles. The van der Waals surface area contributed by atoms with Crippen LogP contribution in [0.5, 0.6) is 0 Å². The lowest BCUT2D eigenvalue weighted by molar-refractivity contribution is 0.0872. The Morgan fingerprint density at radius 1 is 1.19 bits per heavy atom. The van der Waals surface area contributed by atoms with Gasteiger partial charge < -0.3 is 9.64 Å². The molecule has 4 heterocycles. The van der Waals surface area contributed by atoms with Crippen LogP contribution >= 0.6 is 0 Å². The first-order valence-electron chi connectivity index (χ1n) is 7.21. The molecule has 108 valence electrons. The van der Waals surface area contributed by atoms with Crippen LogP contribution in [0.15, 0.2) is 37.2 Å². The van der Waals surface area contributed by atoms with E-state index >= 15 is 0 Å². The minimum atomic E-state index is 0.273. The first kappa shape index (κ1) is 12.6. The third-order valence-corrected chi connectivity index (χ3v) is 4.25. The first-order chi connectivity index (χ1) is 10.3. The first-order valence-corrected chi connectivity index (χ1v) is 7.21. The zero-order valence-electron chi connectivity index (χ0n) is 11.7. The zero-order chi connectivity index (χ0) is 14.1. The number of hydrogen-bond donors (Lipinski definition) is 0. The van der Waals surface area contributed by atoms with Gasteiger partial charge in [0.05, 0.1) is 12.7 Å². The van der Waals surface area contributed by atoms with Crippen molar-refractivity contribution >= 4 is 5.95 Å². The van der Waals surface area contributed by atoms with Crippen molar-refractivity contribution in [1.82, 2.24) is 19.9 Å². The van der Waals surface area contributed by atoms with Crippen LogP contribution in [0.25, 0.3) is 0 Å². The molecule has 0 N–H and O–H groups in total. The Labute approximate surface area is 123 Å². The van der Waals surface area contributed by atoms with Gasteiger partial charge in [0.25, 0.3) is 0 Å². The maximum atomic E-state index is 5.98. The third-order valence-electron chi connectivity index (χ3n) is 4.25. The smallest absolute Gasteiger partial charge is 0.225 e. The van der Waals surface area contributed by atoms with Gasteiger partial charge in [0.1, 0.15) is 6.33 Å². The summed E-state index contributed by atoms with van der Waals surface area (Å²) < 4.78 is 5.98. The van der Waals surface area contributed by atoms with Crippen LogP contribution in [0.1, 0.15) is 12.0 Å². The second-order valence-corrected chi connectivity index (χ2v) is 5.99. The van der Waals surface area contributed by atoms with Crippen LogP contribution in [0.2, 0.25) is 0 Å². The maximum Gasteiger partial charge on any atom is 0.225 e. The molecule has 0 amide bonds. The molecular weight excluding hydrogens is 266 g/mol. The van der Waals surface area contributed by atoms with E-state index in [0.29, 0.717) is 0 Å². The van der Waals surface area contributed by atoms with E-state index in [-0.39, 0.29) is 11.5 Å². The minimum absolute atomic E-state index is 0.273. The molecule has 2 aromatic rings. The lowest BCUT2D eigenvalue weighted by atomic mass is 9.77. The Morgan fingerprint density at radius 3 is 2.71 bits per heavy atom. The number of anilines is 1. The molecule has 0 saturated carbocycles. The normalized spacial score (nSPS) is 23.2. The molecule has 0 unspecified atom stereocenters. The lowest BCUT2D eigenvalue weighted by Crippen LogP contribution is -2.57. The van der Waals surface area contributed by atoms with Gasteiger partial charge in [-0.15, -0.1) is 0 Å². The quantitative estimate of drug-likeness (QED) is 0.840. The van der Waals surface area contributed by atoms with Gasteiger partial charge >= 0.3 is 0 Å². The summed E-state index contributed by atoms with van der Waals surface area (Å²) in [5.41, 5.74) is 1.42. The molecule has 21 heavy (non-hydrogen) atoms. The van der Waals surface area contributed by atoms with E-state index < -0.39 is 0 Å². The van der Waals surface area contributed by atoms with Gasteiger partial charge in [-0.05, 0) is 18.1 Å². The molecule has 0 aliphatic carbocycles. The van der Waals surface area contributed by atoms with Gasteiger partial charge in [0, 0.05) is 49.7 Å². The molecule has 2 aliphatic heterocycles. The average Bonchev–Trinajstić information content (AvgIpc) is 2.92. The largest absolute Gasteiger partial charge is 0.377 e. The molecule has 0 aromatic carbocycles. The van der Waals surface area contributed by atoms with Crippen molar-refractivity contribution in [2.45, 2.75) is 18.9 Å². The number of nitrogens with zero attached hydrogens (tertiary/aromatic N) is 5. The van der Waals surface area contributed by atoms with Gasteiger partial charge in [-0.25, -0.2) is 19.9 Å². The summed E-state index contributed by atoms with van der Waals surface area (Å²) in [5, 5.41) is 0. The van der Waals surface area contributed by atoms with E-state index in [1.165, 1.54) is 0 Å². The second kappa shape index (κ2) is 5.04. The number of rotatable bonds is 3. The Hall–Kier alpha value is -2.08. The van der Waals surface area contributed by atoms with Crippen LogP contribution in [-0.4, -0.2) is 45.7 Å². The molecule has 4 rings (SSSR count). The van der Waals surface area contributed by atoms with Gasteiger partial charge in [0.15, 0.2) is 0 Å². The second-order valence-electron chi connectivity index (χ2n) is 5.99.